The monoisotopic (exact) mass is 1330 g/mol. The fourth-order valence-electron chi connectivity index (χ4n) is 15.6. The number of fused-ring (bicyclic) bond motifs is 9. The lowest BCUT2D eigenvalue weighted by molar-refractivity contribution is 0.483. The van der Waals surface area contributed by atoms with Crippen molar-refractivity contribution >= 4 is 102 Å². The van der Waals surface area contributed by atoms with E-state index in [2.05, 4.69) is 424 Å². The molecule has 104 heavy (non-hydrogen) atoms. The van der Waals surface area contributed by atoms with Crippen LogP contribution in [0.25, 0.3) is 11.1 Å². The number of para-hydroxylation sites is 10. The molecule has 494 valence electrons. The van der Waals surface area contributed by atoms with Crippen LogP contribution < -0.4 is 34.1 Å². The van der Waals surface area contributed by atoms with Gasteiger partial charge in [-0.1, -0.05) is 243 Å². The molecule has 0 atom stereocenters. The Balaban J connectivity index is 0.900. The molecule has 2 aliphatic rings. The standard InChI is InChI=1S/C97H70N6O/c1-11-35-71(36-12-1)98(72-37-13-2-14-38-72)82-63-83(99(73-39-15-3-16-40-73)74-41-17-4-18-42-74)65-84(64-82)101(77-47-23-7-24-48-77)80-59-61-93-95(69-80)103(79-51-27-9-28-52-79)96-70-81(60-62-94(96)97(93)91-57-33-31-55-89(91)90-56-32-34-58-92(90)97)102(78-49-25-8-26-50-78)86-66-85(67-88(68-86)104-87-53-29-10-30-54-87)100(75-43-19-5-20-44-75)76-45-21-6-22-46-76/h1-70H. The van der Waals surface area contributed by atoms with E-state index in [9.17, 15) is 0 Å². The molecule has 0 bridgehead atoms. The van der Waals surface area contributed by atoms with Gasteiger partial charge in [0.1, 0.15) is 11.5 Å². The van der Waals surface area contributed by atoms with Crippen LogP contribution >= 0.6 is 0 Å². The Bertz CT molecular complexity index is 5400. The highest BCUT2D eigenvalue weighted by Crippen LogP contribution is 2.65. The molecular formula is C97H70N6O. The molecule has 16 aromatic rings. The zero-order valence-corrected chi connectivity index (χ0v) is 57.0. The minimum absolute atomic E-state index is 0.686. The zero-order chi connectivity index (χ0) is 69.2. The minimum atomic E-state index is -0.789. The lowest BCUT2D eigenvalue weighted by atomic mass is 9.64. The number of hydrogen-bond acceptors (Lipinski definition) is 7. The summed E-state index contributed by atoms with van der Waals surface area (Å²) >= 11 is 0. The summed E-state index contributed by atoms with van der Waals surface area (Å²) in [5.74, 6) is 1.42. The SMILES string of the molecule is c1ccc(Oc2cc(N(c3ccccc3)c3ccccc3)cc(N(c3ccccc3)c3ccc4c(c3)N(c3ccccc3)c3cc(N(c5ccccc5)c5cc(N(c6ccccc6)c6ccccc6)cc(N(c6ccccc6)c6ccccc6)c5)ccc3C43c4ccccc4-c4ccccc43)c2)cc1. The number of anilines is 18. The summed E-state index contributed by atoms with van der Waals surface area (Å²) in [4.78, 5) is 14.4. The van der Waals surface area contributed by atoms with Gasteiger partial charge in [-0.2, -0.15) is 0 Å². The maximum Gasteiger partial charge on any atom is 0.131 e. The summed E-state index contributed by atoms with van der Waals surface area (Å²) in [7, 11) is 0. The fourth-order valence-corrected chi connectivity index (χ4v) is 15.6. The normalized spacial score (nSPS) is 12.1. The van der Waals surface area contributed by atoms with E-state index in [1.165, 1.54) is 27.8 Å². The topological polar surface area (TPSA) is 28.7 Å². The third-order valence-corrected chi connectivity index (χ3v) is 19.9. The lowest BCUT2D eigenvalue weighted by Gasteiger charge is -2.46. The Hall–Kier alpha value is -13.9. The van der Waals surface area contributed by atoms with Gasteiger partial charge in [-0.05, 0) is 203 Å². The van der Waals surface area contributed by atoms with Crippen molar-refractivity contribution in [3.63, 3.8) is 0 Å². The average molecular weight is 1340 g/mol. The lowest BCUT2D eigenvalue weighted by Crippen LogP contribution is -2.36. The molecule has 7 nitrogen and oxygen atoms in total. The summed E-state index contributed by atoms with van der Waals surface area (Å²) in [5.41, 5.74) is 24.4. The number of ether oxygens (including phenoxy) is 1. The molecule has 0 N–H and O–H groups in total. The maximum atomic E-state index is 6.98. The molecule has 0 unspecified atom stereocenters. The smallest absolute Gasteiger partial charge is 0.131 e. The van der Waals surface area contributed by atoms with Crippen LogP contribution in [0.5, 0.6) is 11.5 Å². The summed E-state index contributed by atoms with van der Waals surface area (Å²) in [6, 6.07) is 153. The minimum Gasteiger partial charge on any atom is -0.457 e. The predicted molar refractivity (Wildman–Crippen MR) is 432 cm³/mol. The average Bonchev–Trinajstić information content (AvgIpc) is 1.49. The first-order chi connectivity index (χ1) is 51.6. The van der Waals surface area contributed by atoms with E-state index in [4.69, 9.17) is 4.74 Å². The fraction of sp³-hybridized carbons (Fsp3) is 0.0103. The number of hydrogen-bond donors (Lipinski definition) is 0. The van der Waals surface area contributed by atoms with E-state index in [1.807, 2.05) is 30.3 Å². The second kappa shape index (κ2) is 27.3. The van der Waals surface area contributed by atoms with Gasteiger partial charge in [0, 0.05) is 74.7 Å². The molecule has 0 saturated heterocycles. The van der Waals surface area contributed by atoms with Gasteiger partial charge in [0.2, 0.25) is 0 Å². The van der Waals surface area contributed by atoms with Crippen LogP contribution in [-0.2, 0) is 5.41 Å². The highest BCUT2D eigenvalue weighted by Gasteiger charge is 2.52. The Kier molecular flexibility index (Phi) is 16.4. The van der Waals surface area contributed by atoms with Crippen LogP contribution in [0.2, 0.25) is 0 Å². The van der Waals surface area contributed by atoms with Crippen LogP contribution in [0, 0.1) is 0 Å². The molecule has 0 fully saturated rings. The molecule has 1 aliphatic heterocycles. The van der Waals surface area contributed by atoms with Crippen molar-refractivity contribution in [2.75, 3.05) is 29.4 Å². The number of benzene rings is 16. The van der Waals surface area contributed by atoms with Crippen LogP contribution in [0.3, 0.4) is 0 Å². The molecule has 0 aromatic heterocycles. The third kappa shape index (κ3) is 11.4. The highest BCUT2D eigenvalue weighted by atomic mass is 16.5. The molecule has 1 spiro atoms. The third-order valence-electron chi connectivity index (χ3n) is 19.9. The molecule has 0 amide bonds. The van der Waals surface area contributed by atoms with Crippen molar-refractivity contribution in [1.82, 2.24) is 0 Å². The van der Waals surface area contributed by atoms with Gasteiger partial charge in [0.05, 0.1) is 45.2 Å². The largest absolute Gasteiger partial charge is 0.457 e. The first-order valence-electron chi connectivity index (χ1n) is 35.4. The van der Waals surface area contributed by atoms with Gasteiger partial charge >= 0.3 is 0 Å². The summed E-state index contributed by atoms with van der Waals surface area (Å²) in [6.07, 6.45) is 0. The predicted octanol–water partition coefficient (Wildman–Crippen LogP) is 27.0. The van der Waals surface area contributed by atoms with Crippen molar-refractivity contribution in [1.29, 1.82) is 0 Å². The van der Waals surface area contributed by atoms with E-state index in [0.29, 0.717) is 5.75 Å². The van der Waals surface area contributed by atoms with Crippen LogP contribution in [0.4, 0.5) is 102 Å². The van der Waals surface area contributed by atoms with Crippen molar-refractivity contribution in [2.45, 2.75) is 5.41 Å². The molecule has 1 heterocycles. The van der Waals surface area contributed by atoms with Crippen molar-refractivity contribution in [3.8, 4) is 22.6 Å². The zero-order valence-electron chi connectivity index (χ0n) is 57.0. The molecule has 0 saturated carbocycles. The molecule has 1 aliphatic carbocycles. The van der Waals surface area contributed by atoms with Gasteiger partial charge in [-0.15, -0.1) is 0 Å². The summed E-state index contributed by atoms with van der Waals surface area (Å²) in [6.45, 7) is 0. The Morgan fingerprint density at radius 1 is 0.183 bits per heavy atom. The molecular weight excluding hydrogens is 1270 g/mol. The van der Waals surface area contributed by atoms with E-state index in [0.717, 1.165) is 114 Å². The van der Waals surface area contributed by atoms with Gasteiger partial charge in [0.25, 0.3) is 0 Å². The van der Waals surface area contributed by atoms with Gasteiger partial charge in [-0.3, -0.25) is 0 Å². The summed E-state index contributed by atoms with van der Waals surface area (Å²) < 4.78 is 6.98. The first kappa shape index (κ1) is 62.4. The second-order valence-electron chi connectivity index (χ2n) is 26.1. The second-order valence-corrected chi connectivity index (χ2v) is 26.1. The van der Waals surface area contributed by atoms with Crippen LogP contribution in [-0.4, -0.2) is 0 Å². The van der Waals surface area contributed by atoms with Gasteiger partial charge < -0.3 is 34.1 Å². The van der Waals surface area contributed by atoms with E-state index < -0.39 is 5.41 Å². The van der Waals surface area contributed by atoms with Crippen LogP contribution in [0.15, 0.2) is 425 Å². The van der Waals surface area contributed by atoms with Crippen molar-refractivity contribution in [2.24, 2.45) is 0 Å². The Morgan fingerprint density at radius 3 is 0.740 bits per heavy atom. The Labute approximate surface area is 607 Å². The molecule has 7 heteroatoms. The molecule has 16 aromatic carbocycles. The van der Waals surface area contributed by atoms with Crippen LogP contribution in [0.1, 0.15) is 22.3 Å². The number of rotatable bonds is 18. The highest BCUT2D eigenvalue weighted by molar-refractivity contribution is 6.00. The van der Waals surface area contributed by atoms with Crippen molar-refractivity contribution in [3.05, 3.63) is 447 Å². The summed E-state index contributed by atoms with van der Waals surface area (Å²) in [5, 5.41) is 0. The van der Waals surface area contributed by atoms with E-state index in [-0.39, 0.29) is 0 Å². The number of nitrogens with zero attached hydrogens (tertiary/aromatic N) is 6. The Morgan fingerprint density at radius 2 is 0.433 bits per heavy atom. The van der Waals surface area contributed by atoms with Gasteiger partial charge in [0.15, 0.2) is 0 Å². The molecule has 0 radical (unpaired) electrons. The molecule has 18 rings (SSSR count). The van der Waals surface area contributed by atoms with Crippen molar-refractivity contribution < 1.29 is 4.74 Å². The maximum absolute atomic E-state index is 6.98. The quantitative estimate of drug-likeness (QED) is 0.0845. The van der Waals surface area contributed by atoms with E-state index >= 15 is 0 Å². The first-order valence-corrected chi connectivity index (χ1v) is 35.4. The van der Waals surface area contributed by atoms with Gasteiger partial charge in [-0.25, -0.2) is 0 Å². The van der Waals surface area contributed by atoms with E-state index in [1.54, 1.807) is 0 Å².